The highest BCUT2D eigenvalue weighted by atomic mass is 35.5. The van der Waals surface area contributed by atoms with Crippen molar-refractivity contribution in [2.75, 3.05) is 19.0 Å². The number of anilines is 1. The number of nitrogens with zero attached hydrogens (tertiary/aromatic N) is 2. The average Bonchev–Trinajstić information content (AvgIpc) is 2.89. The second kappa shape index (κ2) is 11.9. The Morgan fingerprint density at radius 3 is 2.54 bits per heavy atom. The summed E-state index contributed by atoms with van der Waals surface area (Å²) in [6, 6.07) is 20.5. The van der Waals surface area contributed by atoms with Gasteiger partial charge in [0.25, 0.3) is 0 Å². The van der Waals surface area contributed by atoms with Gasteiger partial charge in [0.15, 0.2) is 5.17 Å². The summed E-state index contributed by atoms with van der Waals surface area (Å²) in [5.41, 5.74) is 2.03. The summed E-state index contributed by atoms with van der Waals surface area (Å²) in [4.78, 5) is 43.8. The molecule has 0 aliphatic carbocycles. The van der Waals surface area contributed by atoms with E-state index in [4.69, 9.17) is 16.3 Å². The van der Waals surface area contributed by atoms with E-state index in [1.54, 1.807) is 48.4 Å². The van der Waals surface area contributed by atoms with Gasteiger partial charge >= 0.3 is 5.97 Å². The van der Waals surface area contributed by atoms with Crippen LogP contribution in [0.25, 0.3) is 0 Å². The molecule has 1 atom stereocenters. The molecule has 1 fully saturated rings. The Morgan fingerprint density at radius 1 is 1.14 bits per heavy atom. The molecule has 1 unspecified atom stereocenters. The third-order valence-corrected chi connectivity index (χ3v) is 7.08. The second-order valence-electron chi connectivity index (χ2n) is 8.20. The predicted octanol–water partition coefficient (Wildman–Crippen LogP) is 5.25. The number of halogens is 1. The summed E-state index contributed by atoms with van der Waals surface area (Å²) in [7, 11) is 1.60. The molecule has 0 radical (unpaired) electrons. The molecule has 0 aromatic heterocycles. The van der Waals surface area contributed by atoms with E-state index in [2.05, 4.69) is 10.3 Å². The minimum absolute atomic E-state index is 0.0165. The van der Waals surface area contributed by atoms with Gasteiger partial charge in [-0.15, -0.1) is 0 Å². The number of amides is 2. The predicted molar refractivity (Wildman–Crippen MR) is 145 cm³/mol. The first-order valence-corrected chi connectivity index (χ1v) is 12.7. The fourth-order valence-corrected chi connectivity index (χ4v) is 4.92. The zero-order valence-corrected chi connectivity index (χ0v) is 21.5. The molecule has 2 amide bonds. The van der Waals surface area contributed by atoms with Gasteiger partial charge in [-0.2, -0.15) is 0 Å². The SMILES string of the molecule is COc1ccc(CCN2C(=O)CC(C(=O)Nc3cccc(C(=O)O)c3)SC2=Nc2ccc(Cl)cc2)cc1. The molecule has 4 rings (SSSR count). The summed E-state index contributed by atoms with van der Waals surface area (Å²) in [5.74, 6) is -0.969. The van der Waals surface area contributed by atoms with Crippen LogP contribution in [0.5, 0.6) is 5.75 Å². The first kappa shape index (κ1) is 26.2. The molecule has 1 heterocycles. The summed E-state index contributed by atoms with van der Waals surface area (Å²) in [5, 5.41) is 12.2. The van der Waals surface area contributed by atoms with E-state index >= 15 is 0 Å². The van der Waals surface area contributed by atoms with Crippen molar-refractivity contribution in [1.82, 2.24) is 4.90 Å². The number of carboxylic acids is 1. The first-order chi connectivity index (χ1) is 17.8. The van der Waals surface area contributed by atoms with Crippen LogP contribution in [0.1, 0.15) is 22.3 Å². The summed E-state index contributed by atoms with van der Waals surface area (Å²) in [6.45, 7) is 0.388. The molecule has 1 aliphatic heterocycles. The Kier molecular flexibility index (Phi) is 8.47. The van der Waals surface area contributed by atoms with Crippen LogP contribution in [0.4, 0.5) is 11.4 Å². The topological polar surface area (TPSA) is 108 Å². The largest absolute Gasteiger partial charge is 0.497 e. The number of rotatable bonds is 8. The fraction of sp³-hybridized carbons (Fsp3) is 0.185. The summed E-state index contributed by atoms with van der Waals surface area (Å²) < 4.78 is 5.20. The normalized spacial score (nSPS) is 16.5. The lowest BCUT2D eigenvalue weighted by Crippen LogP contribution is -2.46. The number of methoxy groups -OCH3 is 1. The van der Waals surface area contributed by atoms with E-state index < -0.39 is 17.1 Å². The number of carbonyl (C=O) groups excluding carboxylic acids is 2. The number of thioether (sulfide) groups is 1. The van der Waals surface area contributed by atoms with Crippen molar-refractivity contribution in [3.63, 3.8) is 0 Å². The minimum atomic E-state index is -1.09. The van der Waals surface area contributed by atoms with Crippen LogP contribution in [0, 0.1) is 0 Å². The molecule has 0 saturated carbocycles. The smallest absolute Gasteiger partial charge is 0.335 e. The van der Waals surface area contributed by atoms with Gasteiger partial charge in [-0.3, -0.25) is 14.5 Å². The Labute approximate surface area is 223 Å². The number of hydrogen-bond acceptors (Lipinski definition) is 6. The Bertz CT molecular complexity index is 1330. The van der Waals surface area contributed by atoms with Gasteiger partial charge in [-0.1, -0.05) is 41.6 Å². The lowest BCUT2D eigenvalue weighted by atomic mass is 10.1. The first-order valence-electron chi connectivity index (χ1n) is 11.4. The van der Waals surface area contributed by atoms with Crippen molar-refractivity contribution in [3.8, 4) is 5.75 Å². The Morgan fingerprint density at radius 2 is 1.86 bits per heavy atom. The highest BCUT2D eigenvalue weighted by molar-refractivity contribution is 8.15. The number of nitrogens with one attached hydrogen (secondary N) is 1. The average molecular weight is 538 g/mol. The van der Waals surface area contributed by atoms with E-state index in [0.29, 0.717) is 34.5 Å². The maximum atomic E-state index is 13.2. The van der Waals surface area contributed by atoms with Crippen LogP contribution in [0.3, 0.4) is 0 Å². The number of carboxylic acid groups (broad SMARTS) is 1. The van der Waals surface area contributed by atoms with Crippen LogP contribution in [-0.2, 0) is 16.0 Å². The third-order valence-electron chi connectivity index (χ3n) is 5.64. The molecular formula is C27H24ClN3O5S. The molecular weight excluding hydrogens is 514 g/mol. The summed E-state index contributed by atoms with van der Waals surface area (Å²) in [6.07, 6.45) is 0.576. The molecule has 1 saturated heterocycles. The van der Waals surface area contributed by atoms with Gasteiger partial charge in [0, 0.05) is 23.7 Å². The van der Waals surface area contributed by atoms with Crippen molar-refractivity contribution < 1.29 is 24.2 Å². The monoisotopic (exact) mass is 537 g/mol. The van der Waals surface area contributed by atoms with Crippen molar-refractivity contribution >= 4 is 57.7 Å². The third kappa shape index (κ3) is 6.90. The lowest BCUT2D eigenvalue weighted by Gasteiger charge is -2.32. The molecule has 3 aromatic carbocycles. The van der Waals surface area contributed by atoms with Gasteiger partial charge < -0.3 is 15.2 Å². The number of aromatic carboxylic acids is 1. The fourth-order valence-electron chi connectivity index (χ4n) is 3.67. The highest BCUT2D eigenvalue weighted by Gasteiger charge is 2.35. The second-order valence-corrected chi connectivity index (χ2v) is 9.81. The minimum Gasteiger partial charge on any atom is -0.497 e. The summed E-state index contributed by atoms with van der Waals surface area (Å²) >= 11 is 7.20. The zero-order chi connectivity index (χ0) is 26.4. The lowest BCUT2D eigenvalue weighted by molar-refractivity contribution is -0.129. The maximum absolute atomic E-state index is 13.2. The van der Waals surface area contributed by atoms with Gasteiger partial charge in [-0.05, 0) is 66.6 Å². The van der Waals surface area contributed by atoms with E-state index in [1.165, 1.54) is 23.9 Å². The quantitative estimate of drug-likeness (QED) is 0.406. The molecule has 190 valence electrons. The van der Waals surface area contributed by atoms with Crippen LogP contribution < -0.4 is 10.1 Å². The highest BCUT2D eigenvalue weighted by Crippen LogP contribution is 2.30. The zero-order valence-electron chi connectivity index (χ0n) is 19.9. The van der Waals surface area contributed by atoms with E-state index in [-0.39, 0.29) is 17.9 Å². The van der Waals surface area contributed by atoms with Crippen molar-refractivity contribution in [1.29, 1.82) is 0 Å². The van der Waals surface area contributed by atoms with Gasteiger partial charge in [0.2, 0.25) is 11.8 Å². The molecule has 8 nitrogen and oxygen atoms in total. The van der Waals surface area contributed by atoms with E-state index in [9.17, 15) is 19.5 Å². The Hall–Kier alpha value is -3.82. The molecule has 0 spiro atoms. The number of benzene rings is 3. The molecule has 0 bridgehead atoms. The number of aliphatic imine (C=N–C) groups is 1. The molecule has 10 heteroatoms. The van der Waals surface area contributed by atoms with Gasteiger partial charge in [-0.25, -0.2) is 9.79 Å². The van der Waals surface area contributed by atoms with Gasteiger partial charge in [0.05, 0.1) is 18.4 Å². The van der Waals surface area contributed by atoms with Crippen LogP contribution in [-0.4, -0.2) is 51.9 Å². The van der Waals surface area contributed by atoms with E-state index in [0.717, 1.165) is 11.3 Å². The number of amidine groups is 1. The van der Waals surface area contributed by atoms with Crippen LogP contribution in [0.15, 0.2) is 77.8 Å². The van der Waals surface area contributed by atoms with Gasteiger partial charge in [0.1, 0.15) is 11.0 Å². The number of carbonyl (C=O) groups is 3. The Balaban J connectivity index is 1.54. The van der Waals surface area contributed by atoms with Crippen molar-refractivity contribution in [2.24, 2.45) is 4.99 Å². The number of ether oxygens (including phenoxy) is 1. The molecule has 3 aromatic rings. The molecule has 37 heavy (non-hydrogen) atoms. The maximum Gasteiger partial charge on any atom is 0.335 e. The van der Waals surface area contributed by atoms with Crippen LogP contribution >= 0.6 is 23.4 Å². The van der Waals surface area contributed by atoms with Crippen molar-refractivity contribution in [2.45, 2.75) is 18.1 Å². The van der Waals surface area contributed by atoms with Crippen molar-refractivity contribution in [3.05, 3.63) is 88.9 Å². The molecule has 1 aliphatic rings. The molecule has 2 N–H and O–H groups in total. The standard InChI is InChI=1S/C27H24ClN3O5S/c1-36-22-11-5-17(6-12-22)13-14-31-24(32)16-23(37-27(31)30-20-9-7-19(28)8-10-20)25(33)29-21-4-2-3-18(15-21)26(34)35/h2-12,15,23H,13-14,16H2,1H3,(H,29,33)(H,34,35). The van der Waals surface area contributed by atoms with E-state index in [1.807, 2.05) is 24.3 Å². The number of hydrogen-bond donors (Lipinski definition) is 2. The van der Waals surface area contributed by atoms with Crippen LogP contribution in [0.2, 0.25) is 5.02 Å².